The molecule has 2 rings (SSSR count). The molecular formula is C17H17Cl2N5O3. The van der Waals surface area contributed by atoms with E-state index < -0.39 is 0 Å². The Bertz CT molecular complexity index is 908. The SMILES string of the molecule is COc1cc(N=Nc2cc(Cl)c(NC(C)=O)c(Cl)c2)c(NC(C)=O)cc1N. The van der Waals surface area contributed by atoms with Gasteiger partial charge in [0.15, 0.2) is 0 Å². The fourth-order valence-electron chi connectivity index (χ4n) is 2.16. The van der Waals surface area contributed by atoms with E-state index in [1.807, 2.05) is 0 Å². The van der Waals surface area contributed by atoms with Crippen LogP contribution in [0.2, 0.25) is 10.0 Å². The first-order chi connectivity index (χ1) is 12.7. The van der Waals surface area contributed by atoms with Crippen LogP contribution in [0.25, 0.3) is 0 Å². The monoisotopic (exact) mass is 409 g/mol. The van der Waals surface area contributed by atoms with E-state index in [-0.39, 0.29) is 27.5 Å². The van der Waals surface area contributed by atoms with Crippen molar-refractivity contribution in [1.29, 1.82) is 0 Å². The Labute approximate surface area is 165 Å². The third-order valence-electron chi connectivity index (χ3n) is 3.26. The van der Waals surface area contributed by atoms with Gasteiger partial charge in [-0.25, -0.2) is 0 Å². The number of azo groups is 1. The fourth-order valence-corrected chi connectivity index (χ4v) is 2.73. The lowest BCUT2D eigenvalue weighted by molar-refractivity contribution is -0.115. The van der Waals surface area contributed by atoms with Gasteiger partial charge in [-0.1, -0.05) is 23.2 Å². The summed E-state index contributed by atoms with van der Waals surface area (Å²) in [6.45, 7) is 2.71. The Kier molecular flexibility index (Phi) is 6.59. The number of nitrogens with two attached hydrogens (primary N) is 1. The van der Waals surface area contributed by atoms with Gasteiger partial charge in [-0.2, -0.15) is 5.11 Å². The van der Waals surface area contributed by atoms with Crippen LogP contribution in [0.4, 0.5) is 28.4 Å². The molecule has 10 heteroatoms. The van der Waals surface area contributed by atoms with Gasteiger partial charge in [0.1, 0.15) is 11.4 Å². The van der Waals surface area contributed by atoms with Crippen molar-refractivity contribution in [2.75, 3.05) is 23.5 Å². The molecule has 0 saturated carbocycles. The Morgan fingerprint density at radius 1 is 1.00 bits per heavy atom. The van der Waals surface area contributed by atoms with E-state index in [1.54, 1.807) is 6.07 Å². The summed E-state index contributed by atoms with van der Waals surface area (Å²) in [4.78, 5) is 22.6. The molecule has 0 bridgehead atoms. The summed E-state index contributed by atoms with van der Waals surface area (Å²) in [7, 11) is 1.46. The lowest BCUT2D eigenvalue weighted by atomic mass is 10.2. The first kappa shape index (κ1) is 20.5. The van der Waals surface area contributed by atoms with E-state index in [0.717, 1.165) is 0 Å². The molecule has 27 heavy (non-hydrogen) atoms. The van der Waals surface area contributed by atoms with E-state index in [2.05, 4.69) is 20.9 Å². The van der Waals surface area contributed by atoms with Crippen molar-refractivity contribution in [1.82, 2.24) is 0 Å². The summed E-state index contributed by atoms with van der Waals surface area (Å²) >= 11 is 12.3. The van der Waals surface area contributed by atoms with Crippen molar-refractivity contribution in [2.45, 2.75) is 13.8 Å². The Hall–Kier alpha value is -2.84. The number of nitrogens with zero attached hydrogens (tertiary/aromatic N) is 2. The number of nitrogens with one attached hydrogen (secondary N) is 2. The van der Waals surface area contributed by atoms with Crippen LogP contribution in [0, 0.1) is 0 Å². The highest BCUT2D eigenvalue weighted by Gasteiger charge is 2.12. The predicted molar refractivity (Wildman–Crippen MR) is 107 cm³/mol. The molecule has 0 aliphatic heterocycles. The summed E-state index contributed by atoms with van der Waals surface area (Å²) in [6, 6.07) is 6.05. The molecule has 8 nitrogen and oxygen atoms in total. The number of hydrogen-bond donors (Lipinski definition) is 3. The second-order valence-corrected chi connectivity index (χ2v) is 6.27. The topological polar surface area (TPSA) is 118 Å². The number of anilines is 3. The van der Waals surface area contributed by atoms with Gasteiger partial charge in [0.2, 0.25) is 11.8 Å². The van der Waals surface area contributed by atoms with Crippen molar-refractivity contribution >= 4 is 63.5 Å². The van der Waals surface area contributed by atoms with E-state index >= 15 is 0 Å². The normalized spacial score (nSPS) is 10.7. The van der Waals surface area contributed by atoms with Gasteiger partial charge in [0, 0.05) is 19.9 Å². The molecule has 0 aliphatic rings. The van der Waals surface area contributed by atoms with Gasteiger partial charge in [-0.3, -0.25) is 9.59 Å². The Morgan fingerprint density at radius 3 is 2.11 bits per heavy atom. The molecule has 4 N–H and O–H groups in total. The van der Waals surface area contributed by atoms with Crippen LogP contribution in [-0.2, 0) is 9.59 Å². The molecule has 0 unspecified atom stereocenters. The van der Waals surface area contributed by atoms with E-state index in [1.165, 1.54) is 39.2 Å². The maximum Gasteiger partial charge on any atom is 0.221 e. The third-order valence-corrected chi connectivity index (χ3v) is 3.86. The molecular weight excluding hydrogens is 393 g/mol. The molecule has 0 heterocycles. The Morgan fingerprint density at radius 2 is 1.59 bits per heavy atom. The minimum atomic E-state index is -0.304. The van der Waals surface area contributed by atoms with Gasteiger partial charge in [0.05, 0.1) is 39.9 Å². The van der Waals surface area contributed by atoms with E-state index in [9.17, 15) is 9.59 Å². The summed E-state index contributed by atoms with van der Waals surface area (Å²) in [5, 5.41) is 13.8. The molecule has 2 aromatic carbocycles. The average molecular weight is 410 g/mol. The molecule has 0 atom stereocenters. The first-order valence-corrected chi connectivity index (χ1v) is 8.40. The zero-order valence-corrected chi connectivity index (χ0v) is 16.3. The van der Waals surface area contributed by atoms with Crippen LogP contribution >= 0.6 is 23.2 Å². The zero-order valence-electron chi connectivity index (χ0n) is 14.8. The van der Waals surface area contributed by atoms with Crippen LogP contribution in [0.5, 0.6) is 5.75 Å². The quantitative estimate of drug-likeness (QED) is 0.479. The smallest absolute Gasteiger partial charge is 0.221 e. The fraction of sp³-hybridized carbons (Fsp3) is 0.176. The van der Waals surface area contributed by atoms with Crippen LogP contribution in [0.3, 0.4) is 0 Å². The molecule has 2 amide bonds. The second-order valence-electron chi connectivity index (χ2n) is 5.46. The number of carbonyl (C=O) groups is 2. The Balaban J connectivity index is 2.42. The van der Waals surface area contributed by atoms with Gasteiger partial charge < -0.3 is 21.1 Å². The van der Waals surface area contributed by atoms with Crippen molar-refractivity contribution in [3.05, 3.63) is 34.3 Å². The molecule has 142 valence electrons. The van der Waals surface area contributed by atoms with Gasteiger partial charge in [-0.15, -0.1) is 5.11 Å². The maximum atomic E-state index is 11.4. The molecule has 0 radical (unpaired) electrons. The number of carbonyl (C=O) groups excluding carboxylic acids is 2. The maximum absolute atomic E-state index is 11.4. The molecule has 0 aromatic heterocycles. The van der Waals surface area contributed by atoms with Gasteiger partial charge in [-0.05, 0) is 18.2 Å². The van der Waals surface area contributed by atoms with Gasteiger partial charge in [0.25, 0.3) is 0 Å². The van der Waals surface area contributed by atoms with Gasteiger partial charge >= 0.3 is 0 Å². The highest BCUT2D eigenvalue weighted by molar-refractivity contribution is 6.40. The van der Waals surface area contributed by atoms with E-state index in [4.69, 9.17) is 33.7 Å². The summed E-state index contributed by atoms with van der Waals surface area (Å²) in [5.74, 6) is -0.209. The molecule has 0 fully saturated rings. The molecule has 0 spiro atoms. The lowest BCUT2D eigenvalue weighted by Gasteiger charge is -2.11. The summed E-state index contributed by atoms with van der Waals surface area (Å²) in [5.41, 5.74) is 7.54. The van der Waals surface area contributed by atoms with Crippen LogP contribution < -0.4 is 21.1 Å². The summed E-state index contributed by atoms with van der Waals surface area (Å²) in [6.07, 6.45) is 0. The largest absolute Gasteiger partial charge is 0.495 e. The zero-order chi connectivity index (χ0) is 20.1. The first-order valence-electron chi connectivity index (χ1n) is 7.64. The van der Waals surface area contributed by atoms with E-state index in [0.29, 0.717) is 28.5 Å². The molecule has 0 aliphatic carbocycles. The number of ether oxygens (including phenoxy) is 1. The third kappa shape index (κ3) is 5.32. The minimum Gasteiger partial charge on any atom is -0.495 e. The number of nitrogen functional groups attached to an aromatic ring is 1. The molecule has 0 saturated heterocycles. The summed E-state index contributed by atoms with van der Waals surface area (Å²) < 4.78 is 5.17. The lowest BCUT2D eigenvalue weighted by Crippen LogP contribution is -2.07. The number of hydrogen-bond acceptors (Lipinski definition) is 6. The highest BCUT2D eigenvalue weighted by atomic mass is 35.5. The number of rotatable bonds is 5. The van der Waals surface area contributed by atoms with Crippen LogP contribution in [-0.4, -0.2) is 18.9 Å². The number of halogens is 2. The predicted octanol–water partition coefficient (Wildman–Crippen LogP) is 4.92. The van der Waals surface area contributed by atoms with Crippen molar-refractivity contribution < 1.29 is 14.3 Å². The standard InChI is InChI=1S/C17H17Cl2N5O3/c1-8(25)21-14-6-13(20)16(27-3)7-15(14)24-23-10-4-11(18)17(12(19)5-10)22-9(2)26/h4-7H,20H2,1-3H3,(H,21,25)(H,22,26). The van der Waals surface area contributed by atoms with Crippen LogP contribution in [0.1, 0.15) is 13.8 Å². The average Bonchev–Trinajstić information content (AvgIpc) is 2.56. The van der Waals surface area contributed by atoms with Crippen LogP contribution in [0.15, 0.2) is 34.5 Å². The minimum absolute atomic E-state index is 0.212. The number of methoxy groups -OCH3 is 1. The number of benzene rings is 2. The molecule has 2 aromatic rings. The number of amides is 2. The highest BCUT2D eigenvalue weighted by Crippen LogP contribution is 2.38. The van der Waals surface area contributed by atoms with Crippen molar-refractivity contribution in [2.24, 2.45) is 10.2 Å². The van der Waals surface area contributed by atoms with Crippen molar-refractivity contribution in [3.8, 4) is 5.75 Å². The van der Waals surface area contributed by atoms with Crippen molar-refractivity contribution in [3.63, 3.8) is 0 Å². The second kappa shape index (κ2) is 8.70.